The standard InChI is InChI=1S/C15H29NO8P2S/c1-23-14(4-5-14)9-27(10-15(6-7-15)24-11-27)8-2-3-12(17)16-13(25(18)19)26(20,21)22/h13,18-19H,2-11H2,1H3,(H,16,17)(H2,20,21,22). The van der Waals surface area contributed by atoms with Crippen molar-refractivity contribution >= 4 is 31.9 Å². The summed E-state index contributed by atoms with van der Waals surface area (Å²) in [5.74, 6) is 3.05. The number of carbonyl (C=O) groups excluding carboxylic acids is 1. The Labute approximate surface area is 161 Å². The van der Waals surface area contributed by atoms with Gasteiger partial charge in [0.1, 0.15) is 0 Å². The zero-order valence-electron chi connectivity index (χ0n) is 15.4. The molecule has 5 N–H and O–H groups in total. The highest BCUT2D eigenvalue weighted by molar-refractivity contribution is 8.33. The first kappa shape index (κ1) is 21.9. The zero-order valence-corrected chi connectivity index (χ0v) is 18.0. The third kappa shape index (κ3) is 5.44. The molecule has 0 aromatic rings. The molecule has 27 heavy (non-hydrogen) atoms. The van der Waals surface area contributed by atoms with Crippen molar-refractivity contribution in [3.05, 3.63) is 0 Å². The second-order valence-electron chi connectivity index (χ2n) is 8.00. The van der Waals surface area contributed by atoms with Gasteiger partial charge in [0.15, 0.2) is 0 Å². The monoisotopic (exact) mass is 445 g/mol. The maximum absolute atomic E-state index is 12.1. The van der Waals surface area contributed by atoms with Crippen molar-refractivity contribution in [3.63, 3.8) is 0 Å². The molecule has 3 fully saturated rings. The Morgan fingerprint density at radius 2 is 2.00 bits per heavy atom. The molecule has 0 bridgehead atoms. The van der Waals surface area contributed by atoms with Crippen LogP contribution < -0.4 is 5.32 Å². The average molecular weight is 445 g/mol. The van der Waals surface area contributed by atoms with E-state index in [1.807, 2.05) is 0 Å². The van der Waals surface area contributed by atoms with E-state index in [4.69, 9.17) is 29.0 Å². The fraction of sp³-hybridized carbons (Fsp3) is 0.933. The van der Waals surface area contributed by atoms with Gasteiger partial charge in [-0.2, -0.15) is 0 Å². The van der Waals surface area contributed by atoms with Crippen molar-refractivity contribution in [1.82, 2.24) is 5.32 Å². The van der Waals surface area contributed by atoms with Gasteiger partial charge in [0, 0.05) is 25.0 Å². The Kier molecular flexibility index (Phi) is 6.35. The van der Waals surface area contributed by atoms with Crippen LogP contribution in [0.15, 0.2) is 0 Å². The molecule has 2 saturated carbocycles. The molecule has 9 nitrogen and oxygen atoms in total. The van der Waals surface area contributed by atoms with Crippen LogP contribution in [0, 0.1) is 0 Å². The predicted molar refractivity (Wildman–Crippen MR) is 104 cm³/mol. The fourth-order valence-electron chi connectivity index (χ4n) is 3.75. The van der Waals surface area contributed by atoms with E-state index in [9.17, 15) is 9.36 Å². The lowest BCUT2D eigenvalue weighted by atomic mass is 10.3. The lowest BCUT2D eigenvalue weighted by Gasteiger charge is -2.37. The molecule has 0 aromatic heterocycles. The fourth-order valence-corrected chi connectivity index (χ4v) is 10.3. The molecule has 0 aromatic carbocycles. The number of carbonyl (C=O) groups is 1. The number of rotatable bonds is 10. The van der Waals surface area contributed by atoms with Gasteiger partial charge in [-0.25, -0.2) is 10.0 Å². The Hall–Kier alpha value is 0.240. The van der Waals surface area contributed by atoms with E-state index in [-0.39, 0.29) is 17.6 Å². The van der Waals surface area contributed by atoms with Crippen molar-refractivity contribution < 1.29 is 38.4 Å². The van der Waals surface area contributed by atoms with Crippen LogP contribution in [-0.2, 0) is 18.8 Å². The van der Waals surface area contributed by atoms with Gasteiger partial charge in [-0.05, 0) is 37.9 Å². The molecule has 1 amide bonds. The summed E-state index contributed by atoms with van der Waals surface area (Å²) in [6.45, 7) is 0. The van der Waals surface area contributed by atoms with E-state index in [0.717, 1.165) is 48.9 Å². The van der Waals surface area contributed by atoms with Crippen molar-refractivity contribution in [3.8, 4) is 0 Å². The maximum atomic E-state index is 12.1. The van der Waals surface area contributed by atoms with Gasteiger partial charge < -0.3 is 34.4 Å². The van der Waals surface area contributed by atoms with Crippen LogP contribution in [0.5, 0.6) is 0 Å². The zero-order chi connectivity index (χ0) is 19.9. The normalized spacial score (nSPS) is 31.5. The largest absolute Gasteiger partial charge is 0.377 e. The molecule has 0 radical (unpaired) electrons. The Bertz CT molecular complexity index is 621. The quantitative estimate of drug-likeness (QED) is 0.315. The maximum Gasteiger partial charge on any atom is 0.356 e. The topological polar surface area (TPSA) is 146 Å². The van der Waals surface area contributed by atoms with Crippen molar-refractivity contribution in [1.29, 1.82) is 0 Å². The SMILES string of the molecule is COC1(CS2(CCCC(=O)NC(P(O)O)P(=O)(O)O)COC3(CC3)C2)CC1. The highest BCUT2D eigenvalue weighted by Gasteiger charge is 2.57. The van der Waals surface area contributed by atoms with Crippen molar-refractivity contribution in [2.24, 2.45) is 0 Å². The Balaban J connectivity index is 1.53. The molecule has 3 aliphatic rings. The second kappa shape index (κ2) is 7.82. The first-order valence-electron chi connectivity index (χ1n) is 8.98. The van der Waals surface area contributed by atoms with E-state index in [0.29, 0.717) is 6.42 Å². The molecule has 2 atom stereocenters. The molecule has 1 saturated heterocycles. The highest BCUT2D eigenvalue weighted by atomic mass is 32.3. The molecule has 12 heteroatoms. The van der Waals surface area contributed by atoms with Crippen molar-refractivity contribution in [2.75, 3.05) is 30.3 Å². The van der Waals surface area contributed by atoms with Gasteiger partial charge in [0.2, 0.25) is 19.8 Å². The van der Waals surface area contributed by atoms with E-state index in [1.54, 1.807) is 7.11 Å². The van der Waals surface area contributed by atoms with Crippen LogP contribution in [0.2, 0.25) is 0 Å². The van der Waals surface area contributed by atoms with Gasteiger partial charge in [-0.15, -0.1) is 0 Å². The third-order valence-electron chi connectivity index (χ3n) is 5.61. The second-order valence-corrected chi connectivity index (χ2v) is 14.9. The van der Waals surface area contributed by atoms with Gasteiger partial charge in [0.05, 0.1) is 17.1 Å². The van der Waals surface area contributed by atoms with Crippen LogP contribution >= 0.6 is 26.0 Å². The van der Waals surface area contributed by atoms with Gasteiger partial charge >= 0.3 is 7.60 Å². The number of hydrogen-bond acceptors (Lipinski definition) is 6. The van der Waals surface area contributed by atoms with E-state index in [2.05, 4.69) is 5.32 Å². The van der Waals surface area contributed by atoms with Crippen LogP contribution in [-0.4, -0.2) is 72.5 Å². The minimum absolute atomic E-state index is 0.0313. The number of hydrogen-bond donors (Lipinski definition) is 5. The number of amides is 1. The van der Waals surface area contributed by atoms with E-state index in [1.165, 1.54) is 0 Å². The Morgan fingerprint density at radius 1 is 1.33 bits per heavy atom. The minimum atomic E-state index is -4.82. The minimum Gasteiger partial charge on any atom is -0.377 e. The van der Waals surface area contributed by atoms with Crippen LogP contribution in [0.25, 0.3) is 0 Å². The van der Waals surface area contributed by atoms with Crippen LogP contribution in [0.3, 0.4) is 0 Å². The van der Waals surface area contributed by atoms with E-state index >= 15 is 0 Å². The number of nitrogens with one attached hydrogen (secondary N) is 1. The first-order valence-corrected chi connectivity index (χ1v) is 14.3. The summed E-state index contributed by atoms with van der Waals surface area (Å²) in [6, 6.07) is 0. The van der Waals surface area contributed by atoms with Gasteiger partial charge in [-0.3, -0.25) is 9.36 Å². The molecule has 1 spiro atoms. The average Bonchev–Trinajstić information content (AvgIpc) is 3.46. The summed E-state index contributed by atoms with van der Waals surface area (Å²) in [7, 11) is -7.09. The van der Waals surface area contributed by atoms with Gasteiger partial charge in [0.25, 0.3) is 0 Å². The molecular formula is C15H29NO8P2S. The van der Waals surface area contributed by atoms with E-state index < -0.39 is 37.4 Å². The molecule has 158 valence electrons. The summed E-state index contributed by atoms with van der Waals surface area (Å²) >= 11 is 0. The molecule has 3 rings (SSSR count). The number of methoxy groups -OCH3 is 1. The molecule has 2 aliphatic carbocycles. The highest BCUT2D eigenvalue weighted by Crippen LogP contribution is 2.67. The van der Waals surface area contributed by atoms with Crippen LogP contribution in [0.1, 0.15) is 38.5 Å². The summed E-state index contributed by atoms with van der Waals surface area (Å²) in [5.41, 5.74) is -1.92. The molecule has 1 aliphatic heterocycles. The summed E-state index contributed by atoms with van der Waals surface area (Å²) in [6.07, 6.45) is 4.98. The van der Waals surface area contributed by atoms with Crippen molar-refractivity contribution in [2.45, 2.75) is 55.3 Å². The lowest BCUT2D eigenvalue weighted by Crippen LogP contribution is -2.33. The van der Waals surface area contributed by atoms with Gasteiger partial charge in [-0.1, -0.05) is 0 Å². The predicted octanol–water partition coefficient (Wildman–Crippen LogP) is 1.14. The smallest absolute Gasteiger partial charge is 0.356 e. The molecular weight excluding hydrogens is 416 g/mol. The molecule has 2 unspecified atom stereocenters. The summed E-state index contributed by atoms with van der Waals surface area (Å²) in [4.78, 5) is 48.6. The number of ether oxygens (including phenoxy) is 2. The lowest BCUT2D eigenvalue weighted by molar-refractivity contribution is -0.121. The summed E-state index contributed by atoms with van der Waals surface area (Å²) in [5, 5.41) is 2.07. The summed E-state index contributed by atoms with van der Waals surface area (Å²) < 4.78 is 23.1. The third-order valence-corrected chi connectivity index (χ3v) is 12.5. The van der Waals surface area contributed by atoms with Crippen LogP contribution in [0.4, 0.5) is 0 Å². The first-order chi connectivity index (χ1) is 12.5. The molecule has 1 heterocycles. The Morgan fingerprint density at radius 3 is 2.44 bits per heavy atom.